The molecule has 1 aromatic carbocycles. The molecule has 1 saturated heterocycles. The summed E-state index contributed by atoms with van der Waals surface area (Å²) in [6, 6.07) is 3.66. The van der Waals surface area contributed by atoms with Gasteiger partial charge in [0.1, 0.15) is 13.2 Å². The number of halogens is 1. The maximum absolute atomic E-state index is 12.1. The van der Waals surface area contributed by atoms with E-state index in [0.717, 1.165) is 28.8 Å². The van der Waals surface area contributed by atoms with Gasteiger partial charge in [0.25, 0.3) is 0 Å². The van der Waals surface area contributed by atoms with Crippen LogP contribution in [0.2, 0.25) is 0 Å². The lowest BCUT2D eigenvalue weighted by atomic mass is 10.00. The van der Waals surface area contributed by atoms with Gasteiger partial charge in [-0.2, -0.15) is 0 Å². The lowest BCUT2D eigenvalue weighted by molar-refractivity contribution is -0.129. The first kappa shape index (κ1) is 14.7. The Kier molecular flexibility index (Phi) is 4.08. The van der Waals surface area contributed by atoms with E-state index >= 15 is 0 Å². The van der Waals surface area contributed by atoms with Crippen molar-refractivity contribution < 1.29 is 14.3 Å². The molecule has 114 valence electrons. The fourth-order valence-corrected chi connectivity index (χ4v) is 3.62. The van der Waals surface area contributed by atoms with E-state index in [1.54, 1.807) is 0 Å². The van der Waals surface area contributed by atoms with E-state index in [0.29, 0.717) is 25.4 Å². The Hall–Kier alpha value is -1.27. The molecule has 2 N–H and O–H groups in total. The van der Waals surface area contributed by atoms with Crippen LogP contribution in [0.25, 0.3) is 0 Å². The van der Waals surface area contributed by atoms with Crippen LogP contribution in [0.3, 0.4) is 0 Å². The predicted molar refractivity (Wildman–Crippen MR) is 82.5 cm³/mol. The third-order valence-corrected chi connectivity index (χ3v) is 4.49. The number of fused-ring (bicyclic) bond motifs is 1. The minimum absolute atomic E-state index is 0.0930. The van der Waals surface area contributed by atoms with Gasteiger partial charge in [-0.25, -0.2) is 0 Å². The Morgan fingerprint density at radius 3 is 2.90 bits per heavy atom. The predicted octanol–water partition coefficient (Wildman–Crippen LogP) is 2.23. The number of ether oxygens (including phenoxy) is 2. The van der Waals surface area contributed by atoms with Gasteiger partial charge in [-0.05, 0) is 40.0 Å². The molecule has 0 aliphatic carbocycles. The van der Waals surface area contributed by atoms with Crippen molar-refractivity contribution >= 4 is 21.8 Å². The third kappa shape index (κ3) is 2.62. The summed E-state index contributed by atoms with van der Waals surface area (Å²) in [5.41, 5.74) is 7.20. The second kappa shape index (κ2) is 5.85. The first-order valence-corrected chi connectivity index (χ1v) is 8.05. The lowest BCUT2D eigenvalue weighted by Gasteiger charge is -2.29. The minimum atomic E-state index is -0.182. The second-order valence-electron chi connectivity index (χ2n) is 5.43. The Labute approximate surface area is 132 Å². The number of hydrogen-bond acceptors (Lipinski definition) is 4. The summed E-state index contributed by atoms with van der Waals surface area (Å²) in [4.78, 5) is 14.0. The Morgan fingerprint density at radius 2 is 2.14 bits per heavy atom. The number of amides is 1. The normalized spacial score (nSPS) is 24.5. The third-order valence-electron chi connectivity index (χ3n) is 3.90. The maximum Gasteiger partial charge on any atom is 0.224 e. The Bertz CT molecular complexity index is 564. The van der Waals surface area contributed by atoms with E-state index in [-0.39, 0.29) is 18.0 Å². The van der Waals surface area contributed by atoms with Crippen LogP contribution in [0.1, 0.15) is 31.4 Å². The topological polar surface area (TPSA) is 64.8 Å². The molecular formula is C15H19BrN2O3. The monoisotopic (exact) mass is 354 g/mol. The summed E-state index contributed by atoms with van der Waals surface area (Å²) >= 11 is 3.52. The molecule has 0 saturated carbocycles. The molecule has 21 heavy (non-hydrogen) atoms. The van der Waals surface area contributed by atoms with E-state index in [9.17, 15) is 4.79 Å². The molecule has 3 rings (SSSR count). The molecule has 1 fully saturated rings. The standard InChI is InChI=1S/C15H19BrN2O3/c1-2-3-18-13(19)8-11(17)14(18)9-6-10(16)15-12(7-9)20-4-5-21-15/h6-7,11,14H,2-5,8,17H2,1H3. The highest BCUT2D eigenvalue weighted by atomic mass is 79.9. The molecule has 0 radical (unpaired) electrons. The quantitative estimate of drug-likeness (QED) is 0.903. The molecular weight excluding hydrogens is 336 g/mol. The van der Waals surface area contributed by atoms with Crippen molar-refractivity contribution in [3.63, 3.8) is 0 Å². The molecule has 2 aliphatic heterocycles. The molecule has 6 heteroatoms. The summed E-state index contributed by atoms with van der Waals surface area (Å²) < 4.78 is 12.1. The molecule has 2 heterocycles. The van der Waals surface area contributed by atoms with Gasteiger partial charge in [0.2, 0.25) is 5.91 Å². The molecule has 0 bridgehead atoms. The van der Waals surface area contributed by atoms with Gasteiger partial charge in [0.15, 0.2) is 11.5 Å². The SMILES string of the molecule is CCCN1C(=O)CC(N)C1c1cc(Br)c2c(c1)OCCO2. The number of carbonyl (C=O) groups is 1. The van der Waals surface area contributed by atoms with E-state index in [1.807, 2.05) is 17.0 Å². The van der Waals surface area contributed by atoms with Crippen molar-refractivity contribution in [1.82, 2.24) is 4.90 Å². The maximum atomic E-state index is 12.1. The fraction of sp³-hybridized carbons (Fsp3) is 0.533. The lowest BCUT2D eigenvalue weighted by Crippen LogP contribution is -2.33. The number of nitrogens with zero attached hydrogens (tertiary/aromatic N) is 1. The minimum Gasteiger partial charge on any atom is -0.486 e. The average Bonchev–Trinajstić information content (AvgIpc) is 2.74. The van der Waals surface area contributed by atoms with Crippen LogP contribution in [0.4, 0.5) is 0 Å². The zero-order valence-electron chi connectivity index (χ0n) is 12.0. The first-order valence-electron chi connectivity index (χ1n) is 7.26. The molecule has 2 aliphatic rings. The molecule has 2 unspecified atom stereocenters. The van der Waals surface area contributed by atoms with Crippen molar-refractivity contribution in [3.8, 4) is 11.5 Å². The number of rotatable bonds is 3. The van der Waals surface area contributed by atoms with Gasteiger partial charge in [0, 0.05) is 19.0 Å². The Morgan fingerprint density at radius 1 is 1.38 bits per heavy atom. The molecule has 1 aromatic rings. The van der Waals surface area contributed by atoms with Gasteiger partial charge in [-0.3, -0.25) is 4.79 Å². The highest BCUT2D eigenvalue weighted by molar-refractivity contribution is 9.10. The van der Waals surface area contributed by atoms with Gasteiger partial charge >= 0.3 is 0 Å². The highest BCUT2D eigenvalue weighted by Crippen LogP contribution is 2.42. The van der Waals surface area contributed by atoms with Crippen molar-refractivity contribution in [2.24, 2.45) is 5.73 Å². The van der Waals surface area contributed by atoms with E-state index in [2.05, 4.69) is 22.9 Å². The van der Waals surface area contributed by atoms with Gasteiger partial charge in [-0.15, -0.1) is 0 Å². The largest absolute Gasteiger partial charge is 0.486 e. The highest BCUT2D eigenvalue weighted by Gasteiger charge is 2.38. The van der Waals surface area contributed by atoms with Crippen LogP contribution in [-0.4, -0.2) is 36.6 Å². The van der Waals surface area contributed by atoms with Crippen LogP contribution < -0.4 is 15.2 Å². The molecule has 2 atom stereocenters. The summed E-state index contributed by atoms with van der Waals surface area (Å²) in [5.74, 6) is 1.57. The van der Waals surface area contributed by atoms with Crippen LogP contribution >= 0.6 is 15.9 Å². The zero-order chi connectivity index (χ0) is 15.0. The van der Waals surface area contributed by atoms with Crippen LogP contribution in [0.15, 0.2) is 16.6 Å². The molecule has 5 nitrogen and oxygen atoms in total. The van der Waals surface area contributed by atoms with Gasteiger partial charge in [0.05, 0.1) is 10.5 Å². The fourth-order valence-electron chi connectivity index (χ4n) is 3.05. The van der Waals surface area contributed by atoms with E-state index in [4.69, 9.17) is 15.2 Å². The summed E-state index contributed by atoms with van der Waals surface area (Å²) in [6.07, 6.45) is 1.32. The van der Waals surface area contributed by atoms with Gasteiger partial charge < -0.3 is 20.1 Å². The van der Waals surface area contributed by atoms with Crippen LogP contribution in [-0.2, 0) is 4.79 Å². The van der Waals surface area contributed by atoms with Crippen molar-refractivity contribution in [2.45, 2.75) is 31.8 Å². The summed E-state index contributed by atoms with van der Waals surface area (Å²) in [7, 11) is 0. The smallest absolute Gasteiger partial charge is 0.224 e. The second-order valence-corrected chi connectivity index (χ2v) is 6.28. The first-order chi connectivity index (χ1) is 10.1. The van der Waals surface area contributed by atoms with Crippen molar-refractivity contribution in [1.29, 1.82) is 0 Å². The number of carbonyl (C=O) groups excluding carboxylic acids is 1. The number of benzene rings is 1. The van der Waals surface area contributed by atoms with Crippen molar-refractivity contribution in [3.05, 3.63) is 22.2 Å². The number of hydrogen-bond donors (Lipinski definition) is 1. The zero-order valence-corrected chi connectivity index (χ0v) is 13.6. The average molecular weight is 355 g/mol. The van der Waals surface area contributed by atoms with Gasteiger partial charge in [-0.1, -0.05) is 6.92 Å². The van der Waals surface area contributed by atoms with Crippen molar-refractivity contribution in [2.75, 3.05) is 19.8 Å². The Balaban J connectivity index is 1.98. The molecule has 1 amide bonds. The van der Waals surface area contributed by atoms with Crippen LogP contribution in [0.5, 0.6) is 11.5 Å². The van der Waals surface area contributed by atoms with E-state index < -0.39 is 0 Å². The molecule has 0 spiro atoms. The summed E-state index contributed by atoms with van der Waals surface area (Å²) in [5, 5.41) is 0. The number of nitrogens with two attached hydrogens (primary N) is 1. The van der Waals surface area contributed by atoms with Crippen LogP contribution in [0, 0.1) is 0 Å². The van der Waals surface area contributed by atoms with E-state index in [1.165, 1.54) is 0 Å². The number of likely N-dealkylation sites (tertiary alicyclic amines) is 1. The summed E-state index contributed by atoms with van der Waals surface area (Å²) in [6.45, 7) is 3.88. The molecule has 0 aromatic heterocycles.